The van der Waals surface area contributed by atoms with Crippen molar-refractivity contribution in [3.8, 4) is 0 Å². The number of aromatic amines is 1. The maximum absolute atomic E-state index is 12.1. The summed E-state index contributed by atoms with van der Waals surface area (Å²) < 4.78 is 26.7. The molecule has 0 amide bonds. The fourth-order valence-corrected chi connectivity index (χ4v) is 3.20. The van der Waals surface area contributed by atoms with Crippen molar-refractivity contribution in [1.29, 1.82) is 0 Å². The second-order valence-corrected chi connectivity index (χ2v) is 6.85. The average Bonchev–Trinajstić information content (AvgIpc) is 2.45. The molecule has 2 rings (SSSR count). The number of nitrogens with zero attached hydrogens (tertiary/aromatic N) is 1. The minimum absolute atomic E-state index is 0.0697. The molecule has 0 aliphatic heterocycles. The van der Waals surface area contributed by atoms with Crippen LogP contribution in [-0.2, 0) is 16.4 Å². The number of aromatic nitrogens is 2. The summed E-state index contributed by atoms with van der Waals surface area (Å²) in [5.74, 6) is 0.0697. The van der Waals surface area contributed by atoms with E-state index < -0.39 is 10.0 Å². The monoisotopic (exact) mass is 337 g/mol. The van der Waals surface area contributed by atoms with E-state index >= 15 is 0 Å². The van der Waals surface area contributed by atoms with E-state index in [1.807, 2.05) is 0 Å². The number of benzene rings is 1. The number of nitrogens with two attached hydrogens (primary N) is 2. The first-order chi connectivity index (χ1) is 10.8. The molecule has 1 aromatic heterocycles. The topological polar surface area (TPSA) is 144 Å². The molecule has 8 nitrogen and oxygen atoms in total. The molecule has 0 unspecified atom stereocenters. The first kappa shape index (κ1) is 17.0. The van der Waals surface area contributed by atoms with E-state index in [1.54, 1.807) is 6.92 Å². The number of aryl methyl sites for hydroxylation is 1. The molecular weight excluding hydrogens is 318 g/mol. The molecule has 0 radical (unpaired) electrons. The largest absolute Gasteiger partial charge is 0.399 e. The Hall–Kier alpha value is -2.39. The highest BCUT2D eigenvalue weighted by atomic mass is 32.2. The SMILES string of the molecule is Cc1nc(N)[nH]c(=O)c1CCCNS(=O)(=O)c1ccc(N)cc1. The highest BCUT2D eigenvalue weighted by molar-refractivity contribution is 7.89. The predicted octanol–water partition coefficient (Wildman–Crippen LogP) is 0.154. The van der Waals surface area contributed by atoms with Crippen molar-refractivity contribution < 1.29 is 8.42 Å². The summed E-state index contributed by atoms with van der Waals surface area (Å²) in [6, 6.07) is 5.93. The van der Waals surface area contributed by atoms with Crippen molar-refractivity contribution in [2.45, 2.75) is 24.7 Å². The van der Waals surface area contributed by atoms with Gasteiger partial charge in [0.1, 0.15) is 0 Å². The standard InChI is InChI=1S/C14H19N5O3S/c1-9-12(13(20)19-14(16)18-9)3-2-8-17-23(21,22)11-6-4-10(15)5-7-11/h4-7,17H,2-3,8,15H2,1H3,(H3,16,18,19,20). The molecule has 2 aromatic rings. The Balaban J connectivity index is 1.95. The second kappa shape index (κ2) is 6.80. The maximum Gasteiger partial charge on any atom is 0.255 e. The lowest BCUT2D eigenvalue weighted by molar-refractivity contribution is 0.579. The maximum atomic E-state index is 12.1. The van der Waals surface area contributed by atoms with Crippen LogP contribution < -0.4 is 21.7 Å². The van der Waals surface area contributed by atoms with E-state index in [0.717, 1.165) is 0 Å². The Kier molecular flexibility index (Phi) is 5.02. The molecule has 1 heterocycles. The lowest BCUT2D eigenvalue weighted by Gasteiger charge is -2.08. The van der Waals surface area contributed by atoms with E-state index in [9.17, 15) is 13.2 Å². The van der Waals surface area contributed by atoms with Crippen LogP contribution in [0, 0.1) is 6.92 Å². The minimum Gasteiger partial charge on any atom is -0.399 e. The normalized spacial score (nSPS) is 11.5. The molecule has 0 aliphatic rings. The quantitative estimate of drug-likeness (QED) is 0.436. The number of anilines is 2. The lowest BCUT2D eigenvalue weighted by Crippen LogP contribution is -2.26. The van der Waals surface area contributed by atoms with Crippen LogP contribution in [0.2, 0.25) is 0 Å². The number of nitrogens with one attached hydrogen (secondary N) is 2. The summed E-state index contributed by atoms with van der Waals surface area (Å²) in [6.45, 7) is 1.90. The van der Waals surface area contributed by atoms with E-state index in [-0.39, 0.29) is 22.9 Å². The molecule has 0 spiro atoms. The van der Waals surface area contributed by atoms with Crippen LogP contribution in [0.4, 0.5) is 11.6 Å². The molecule has 0 fully saturated rings. The van der Waals surface area contributed by atoms with Gasteiger partial charge in [0.05, 0.1) is 4.90 Å². The Morgan fingerprint density at radius 1 is 1.22 bits per heavy atom. The van der Waals surface area contributed by atoms with Gasteiger partial charge in [-0.2, -0.15) is 0 Å². The molecule has 0 aliphatic carbocycles. The third kappa shape index (κ3) is 4.30. The second-order valence-electron chi connectivity index (χ2n) is 5.09. The van der Waals surface area contributed by atoms with Crippen molar-refractivity contribution in [3.63, 3.8) is 0 Å². The first-order valence-corrected chi connectivity index (χ1v) is 8.48. The Morgan fingerprint density at radius 2 is 1.87 bits per heavy atom. The van der Waals surface area contributed by atoms with Crippen LogP contribution in [-0.4, -0.2) is 24.9 Å². The van der Waals surface area contributed by atoms with Crippen molar-refractivity contribution in [2.24, 2.45) is 0 Å². The van der Waals surface area contributed by atoms with Gasteiger partial charge in [0, 0.05) is 23.5 Å². The Labute approximate surface area is 134 Å². The van der Waals surface area contributed by atoms with Gasteiger partial charge in [-0.25, -0.2) is 18.1 Å². The van der Waals surface area contributed by atoms with E-state index in [2.05, 4.69) is 14.7 Å². The van der Waals surface area contributed by atoms with Gasteiger partial charge < -0.3 is 11.5 Å². The number of rotatable bonds is 6. The van der Waals surface area contributed by atoms with Crippen molar-refractivity contribution in [3.05, 3.63) is 45.9 Å². The van der Waals surface area contributed by atoms with E-state index in [0.29, 0.717) is 29.8 Å². The summed E-state index contributed by atoms with van der Waals surface area (Å²) in [4.78, 5) is 18.3. The average molecular weight is 337 g/mol. The van der Waals surface area contributed by atoms with Crippen LogP contribution in [0.3, 0.4) is 0 Å². The van der Waals surface area contributed by atoms with Gasteiger partial charge in [-0.05, 0) is 44.0 Å². The van der Waals surface area contributed by atoms with Crippen LogP contribution in [0.25, 0.3) is 0 Å². The van der Waals surface area contributed by atoms with Crippen molar-refractivity contribution in [2.75, 3.05) is 18.0 Å². The Morgan fingerprint density at radius 3 is 2.48 bits per heavy atom. The molecule has 0 saturated carbocycles. The summed E-state index contributed by atoms with van der Waals surface area (Å²) in [6.07, 6.45) is 0.864. The van der Waals surface area contributed by atoms with Crippen LogP contribution in [0.15, 0.2) is 34.0 Å². The molecule has 0 atom stereocenters. The molecule has 9 heteroatoms. The molecule has 6 N–H and O–H groups in total. The molecule has 0 bridgehead atoms. The third-order valence-corrected chi connectivity index (χ3v) is 4.80. The van der Waals surface area contributed by atoms with Crippen LogP contribution in [0.1, 0.15) is 17.7 Å². The van der Waals surface area contributed by atoms with Gasteiger partial charge in [-0.1, -0.05) is 0 Å². The molecule has 23 heavy (non-hydrogen) atoms. The van der Waals surface area contributed by atoms with Gasteiger partial charge in [0.25, 0.3) is 5.56 Å². The summed E-state index contributed by atoms with van der Waals surface area (Å²) in [5.41, 5.74) is 12.2. The molecule has 124 valence electrons. The number of hydrogen-bond acceptors (Lipinski definition) is 6. The zero-order valence-corrected chi connectivity index (χ0v) is 13.5. The zero-order chi connectivity index (χ0) is 17.0. The van der Waals surface area contributed by atoms with Crippen molar-refractivity contribution in [1.82, 2.24) is 14.7 Å². The number of nitrogen functional groups attached to an aromatic ring is 2. The number of hydrogen-bond donors (Lipinski definition) is 4. The summed E-state index contributed by atoms with van der Waals surface area (Å²) >= 11 is 0. The highest BCUT2D eigenvalue weighted by Gasteiger charge is 2.13. The summed E-state index contributed by atoms with van der Waals surface area (Å²) in [7, 11) is -3.59. The van der Waals surface area contributed by atoms with Gasteiger partial charge in [-0.3, -0.25) is 9.78 Å². The predicted molar refractivity (Wildman–Crippen MR) is 88.4 cm³/mol. The van der Waals surface area contributed by atoms with Crippen LogP contribution in [0.5, 0.6) is 0 Å². The van der Waals surface area contributed by atoms with Crippen LogP contribution >= 0.6 is 0 Å². The van der Waals surface area contributed by atoms with Gasteiger partial charge in [0.2, 0.25) is 16.0 Å². The fraction of sp³-hybridized carbons (Fsp3) is 0.286. The van der Waals surface area contributed by atoms with Gasteiger partial charge >= 0.3 is 0 Å². The highest BCUT2D eigenvalue weighted by Crippen LogP contribution is 2.11. The van der Waals surface area contributed by atoms with Gasteiger partial charge in [-0.15, -0.1) is 0 Å². The molecular formula is C14H19N5O3S. The number of H-pyrrole nitrogens is 1. The molecule has 0 saturated heterocycles. The Bertz CT molecular complexity index is 844. The minimum atomic E-state index is -3.59. The van der Waals surface area contributed by atoms with E-state index in [1.165, 1.54) is 24.3 Å². The van der Waals surface area contributed by atoms with Crippen molar-refractivity contribution >= 4 is 21.7 Å². The van der Waals surface area contributed by atoms with Gasteiger partial charge in [0.15, 0.2) is 0 Å². The fourth-order valence-electron chi connectivity index (χ4n) is 2.13. The summed E-state index contributed by atoms with van der Waals surface area (Å²) in [5, 5.41) is 0. The molecule has 1 aromatic carbocycles. The zero-order valence-electron chi connectivity index (χ0n) is 12.7. The third-order valence-electron chi connectivity index (χ3n) is 3.33. The smallest absolute Gasteiger partial charge is 0.255 e. The number of sulfonamides is 1. The lowest BCUT2D eigenvalue weighted by atomic mass is 10.1. The van der Waals surface area contributed by atoms with E-state index in [4.69, 9.17) is 11.5 Å². The first-order valence-electron chi connectivity index (χ1n) is 7.00.